The number of alkyl halides is 1. The summed E-state index contributed by atoms with van der Waals surface area (Å²) in [6.07, 6.45) is -49.0. The van der Waals surface area contributed by atoms with Crippen molar-refractivity contribution in [1.82, 2.24) is 5.32 Å². The molecular weight excluding hydrogens is 1180 g/mol. The Balaban J connectivity index is 1.43. The van der Waals surface area contributed by atoms with Gasteiger partial charge in [-0.2, -0.15) is 0 Å². The zero-order valence-corrected chi connectivity index (χ0v) is 45.6. The summed E-state index contributed by atoms with van der Waals surface area (Å²) in [5.74, 6) is -0.817. The second-order valence-electron chi connectivity index (χ2n) is 19.3. The van der Waals surface area contributed by atoms with E-state index in [0.717, 1.165) is 0 Å². The third-order valence-corrected chi connectivity index (χ3v) is 13.9. The highest BCUT2D eigenvalue weighted by atomic mass is 79.9. The van der Waals surface area contributed by atoms with Gasteiger partial charge in [0.15, 0.2) is 31.5 Å². The van der Waals surface area contributed by atoms with Crippen molar-refractivity contribution in [2.45, 2.75) is 192 Å². The first-order chi connectivity index (χ1) is 38.5. The number of ether oxygens (including phenoxy) is 13. The lowest BCUT2D eigenvalue weighted by atomic mass is 9.96. The van der Waals surface area contributed by atoms with Gasteiger partial charge in [0, 0.05) is 0 Å². The van der Waals surface area contributed by atoms with Crippen molar-refractivity contribution in [3.63, 3.8) is 0 Å². The molecule has 0 aromatic heterocycles. The highest BCUT2D eigenvalue weighted by Crippen LogP contribution is 2.34. The van der Waals surface area contributed by atoms with E-state index >= 15 is 0 Å². The van der Waals surface area contributed by atoms with Gasteiger partial charge in [-0.3, -0.25) is 4.79 Å². The quantitative estimate of drug-likeness (QED) is 0.0207. The first-order valence-corrected chi connectivity index (χ1v) is 26.8. The van der Waals surface area contributed by atoms with Gasteiger partial charge in [-0.05, 0) is 13.8 Å². The number of amides is 1. The van der Waals surface area contributed by atoms with E-state index < -0.39 is 257 Å². The zero-order chi connectivity index (χ0) is 60.4. The zero-order valence-electron chi connectivity index (χ0n) is 44.0. The van der Waals surface area contributed by atoms with Crippen molar-refractivity contribution in [2.24, 2.45) is 0 Å². The minimum Gasteiger partial charge on any atom is -0.394 e. The number of hydrogen-bond acceptors (Lipinski definition) is 34. The molecule has 19 unspecified atom stereocenters. The summed E-state index contributed by atoms with van der Waals surface area (Å²) < 4.78 is 72.8. The molecule has 0 spiro atoms. The molecule has 0 bridgehead atoms. The highest BCUT2D eigenvalue weighted by Gasteiger charge is 2.55. The van der Waals surface area contributed by atoms with Gasteiger partial charge < -0.3 is 169 Å². The van der Waals surface area contributed by atoms with E-state index in [9.17, 15) is 107 Å². The molecule has 4 saturated heterocycles. The maximum absolute atomic E-state index is 12.8. The molecule has 4 fully saturated rings. The Kier molecular flexibility index (Phi) is 31.5. The van der Waals surface area contributed by atoms with Crippen molar-refractivity contribution in [3.05, 3.63) is 0 Å². The molecule has 4 heterocycles. The Morgan fingerprint density at radius 3 is 1.46 bits per heavy atom. The fourth-order valence-corrected chi connectivity index (χ4v) is 9.01. The number of carbonyl (C=O) groups is 1. The van der Waals surface area contributed by atoms with Crippen molar-refractivity contribution >= 4 is 21.8 Å². The van der Waals surface area contributed by atoms with E-state index in [2.05, 4.69) is 21.2 Å². The van der Waals surface area contributed by atoms with Crippen LogP contribution in [0.4, 0.5) is 0 Å². The number of aliphatic hydroxyl groups excluding tert-OH is 20. The lowest BCUT2D eigenvalue weighted by Crippen LogP contribution is -2.67. The van der Waals surface area contributed by atoms with Gasteiger partial charge in [0.2, 0.25) is 5.91 Å². The summed E-state index contributed by atoms with van der Waals surface area (Å²) >= 11 is 2.96. The van der Waals surface area contributed by atoms with E-state index in [1.165, 1.54) is 13.8 Å². The van der Waals surface area contributed by atoms with E-state index in [-0.39, 0.29) is 11.9 Å². The van der Waals surface area contributed by atoms with Gasteiger partial charge in [0.1, 0.15) is 141 Å². The molecule has 21 N–H and O–H groups in total. The first kappa shape index (κ1) is 72.1. The van der Waals surface area contributed by atoms with Gasteiger partial charge in [-0.15, -0.1) is 0 Å². The van der Waals surface area contributed by atoms with Crippen LogP contribution in [0.25, 0.3) is 0 Å². The molecule has 0 aromatic carbocycles. The predicted octanol–water partition coefficient (Wildman–Crippen LogP) is -12.9. The van der Waals surface area contributed by atoms with Gasteiger partial charge in [-0.25, -0.2) is 0 Å². The second kappa shape index (κ2) is 35.4. The van der Waals surface area contributed by atoms with Crippen LogP contribution in [0.15, 0.2) is 0 Å². The molecule has 478 valence electrons. The molecule has 0 saturated carbocycles. The molecule has 29 atom stereocenters. The monoisotopic (exact) mass is 1260 g/mol. The average Bonchev–Trinajstić information content (AvgIpc) is 3.48. The molecule has 0 radical (unpaired) electrons. The fourth-order valence-electron chi connectivity index (χ4n) is 8.85. The standard InChI is InChI=1S/C45H82BrNO34/c1-16(56)13-70-37-22(9-52)75-42(32(65)28(37)61)71-14-20(59)27(47-26(60)5-46)41(69-4-3-48)79-36(19(58)7-50)21(8-51)72-15-73-38-23(10-53)76-44(33(66)29(38)62)80-40-25(12-55)78-45(35(68)31(40)64)81-39-24(11-54)77-43(34(67)30(39)63)74-17(2)18(57)6-49/h16-25,27-45,48-59,61-68H,3-15H2,1-2H3,(H,47,60)/t16?,17?,18?,19?,20?,21?,22?,23?,24?,25?,27?,28?,29?,30?,31?,32?,33?,34?,35?,36-,37+,38+,39+,40+,41+,42-,43-,44+,45+/m0/s1. The molecule has 36 heteroatoms. The van der Waals surface area contributed by atoms with Crippen LogP contribution in [-0.4, -0.2) is 371 Å². The van der Waals surface area contributed by atoms with Crippen LogP contribution < -0.4 is 5.32 Å². The molecular formula is C45H82BrNO34. The van der Waals surface area contributed by atoms with Crippen LogP contribution in [0.3, 0.4) is 0 Å². The summed E-state index contributed by atoms with van der Waals surface area (Å²) in [6.45, 7) is -7.27. The van der Waals surface area contributed by atoms with E-state index in [1.807, 2.05) is 0 Å². The molecule has 4 rings (SSSR count). The van der Waals surface area contributed by atoms with Crippen LogP contribution in [-0.2, 0) is 66.4 Å². The first-order valence-electron chi connectivity index (χ1n) is 25.7. The maximum atomic E-state index is 12.8. The summed E-state index contributed by atoms with van der Waals surface area (Å²) in [6, 6.07) is -1.75. The maximum Gasteiger partial charge on any atom is 0.231 e. The smallest absolute Gasteiger partial charge is 0.231 e. The van der Waals surface area contributed by atoms with Crippen molar-refractivity contribution in [1.29, 1.82) is 0 Å². The van der Waals surface area contributed by atoms with Gasteiger partial charge in [0.25, 0.3) is 0 Å². The Labute approximate surface area is 471 Å². The summed E-state index contributed by atoms with van der Waals surface area (Å²) in [5, 5.41) is 212. The number of carbonyl (C=O) groups excluding carboxylic acids is 1. The summed E-state index contributed by atoms with van der Waals surface area (Å²) in [7, 11) is 0. The van der Waals surface area contributed by atoms with Crippen molar-refractivity contribution in [2.75, 3.05) is 84.8 Å². The van der Waals surface area contributed by atoms with E-state index in [4.69, 9.17) is 61.6 Å². The Morgan fingerprint density at radius 1 is 0.531 bits per heavy atom. The van der Waals surface area contributed by atoms with Crippen LogP contribution in [0.1, 0.15) is 13.8 Å². The number of nitrogens with one attached hydrogen (secondary N) is 1. The van der Waals surface area contributed by atoms with Crippen LogP contribution in [0.5, 0.6) is 0 Å². The molecule has 4 aliphatic rings. The lowest BCUT2D eigenvalue weighted by molar-refractivity contribution is -0.383. The number of halogens is 1. The molecule has 81 heavy (non-hydrogen) atoms. The van der Waals surface area contributed by atoms with Gasteiger partial charge in [-0.1, -0.05) is 15.9 Å². The SMILES string of the molecule is CC(O)CO[C@@H]1C(CO)O[C@H](OCC(O)C(NC(=O)CBr)[C@H](OCCO)O[C@@H](C(O)CO)C(CO)OCO[C@@H]2C(CO)O[C@H](O[C@@H]3C(CO)O[C@H](O[C@@H]4C(CO)O[C@H](OC(C)C(O)CO)C(O)C4O)C(O)C3O)C(O)C2O)C(O)C1O. The third kappa shape index (κ3) is 19.3. The molecule has 4 aliphatic heterocycles. The van der Waals surface area contributed by atoms with Crippen molar-refractivity contribution < 1.29 is 169 Å². The van der Waals surface area contributed by atoms with E-state index in [0.29, 0.717) is 0 Å². The fraction of sp³-hybridized carbons (Fsp3) is 0.978. The topological polar surface area (TPSA) is 554 Å². The Morgan fingerprint density at radius 2 is 0.988 bits per heavy atom. The lowest BCUT2D eigenvalue weighted by Gasteiger charge is -2.48. The number of aliphatic hydroxyl groups is 20. The van der Waals surface area contributed by atoms with Crippen molar-refractivity contribution in [3.8, 4) is 0 Å². The summed E-state index contributed by atoms with van der Waals surface area (Å²) in [4.78, 5) is 12.8. The van der Waals surface area contributed by atoms with Gasteiger partial charge in [0.05, 0.1) is 90.2 Å². The van der Waals surface area contributed by atoms with Crippen LogP contribution in [0, 0.1) is 0 Å². The largest absolute Gasteiger partial charge is 0.394 e. The number of rotatable bonds is 35. The minimum absolute atomic E-state index is 0.307. The normalized spacial score (nSPS) is 38.3. The predicted molar refractivity (Wildman–Crippen MR) is 260 cm³/mol. The second-order valence-corrected chi connectivity index (χ2v) is 19.9. The number of hydrogen-bond donors (Lipinski definition) is 21. The van der Waals surface area contributed by atoms with Crippen LogP contribution in [0.2, 0.25) is 0 Å². The summed E-state index contributed by atoms with van der Waals surface area (Å²) in [5.41, 5.74) is 0. The van der Waals surface area contributed by atoms with E-state index in [1.54, 1.807) is 0 Å². The Hall–Kier alpha value is -1.37. The van der Waals surface area contributed by atoms with Crippen LogP contribution >= 0.6 is 15.9 Å². The Bertz CT molecular complexity index is 1740. The minimum atomic E-state index is -2.14. The molecule has 1 amide bonds. The highest BCUT2D eigenvalue weighted by molar-refractivity contribution is 9.09. The third-order valence-electron chi connectivity index (χ3n) is 13.4. The van der Waals surface area contributed by atoms with Gasteiger partial charge >= 0.3 is 0 Å². The molecule has 0 aromatic rings. The molecule has 35 nitrogen and oxygen atoms in total. The average molecular weight is 1260 g/mol. The molecule has 0 aliphatic carbocycles.